The largest absolute Gasteiger partial charge is 0.309 e. The maximum Gasteiger partial charge on any atom is 0.145 e. The fourth-order valence-electron chi connectivity index (χ4n) is 6.02. The molecule has 0 N–H and O–H groups in total. The van der Waals surface area contributed by atoms with E-state index in [0.29, 0.717) is 5.56 Å². The molecule has 0 saturated carbocycles. The Morgan fingerprint density at radius 2 is 1.02 bits per heavy atom. The first-order valence-corrected chi connectivity index (χ1v) is 13.3. The van der Waals surface area contributed by atoms with E-state index in [-0.39, 0.29) is 0 Å². The summed E-state index contributed by atoms with van der Waals surface area (Å²) >= 11 is 0. The molecule has 0 aliphatic heterocycles. The molecular formula is C36H22N4. The molecule has 8 aromatic rings. The van der Waals surface area contributed by atoms with Crippen LogP contribution in [-0.4, -0.2) is 14.1 Å². The van der Waals surface area contributed by atoms with Crippen molar-refractivity contribution in [3.63, 3.8) is 0 Å². The van der Waals surface area contributed by atoms with Crippen molar-refractivity contribution < 1.29 is 0 Å². The van der Waals surface area contributed by atoms with Gasteiger partial charge in [-0.3, -0.25) is 4.57 Å². The van der Waals surface area contributed by atoms with Gasteiger partial charge in [0.15, 0.2) is 0 Å². The Kier molecular flexibility index (Phi) is 4.85. The van der Waals surface area contributed by atoms with Gasteiger partial charge in [-0.05, 0) is 71.8 Å². The van der Waals surface area contributed by atoms with Gasteiger partial charge in [0, 0.05) is 33.4 Å². The molecule has 0 radical (unpaired) electrons. The normalized spacial score (nSPS) is 11.5. The number of nitrogens with zero attached hydrogens (tertiary/aromatic N) is 4. The minimum Gasteiger partial charge on any atom is -0.309 e. The van der Waals surface area contributed by atoms with Gasteiger partial charge >= 0.3 is 0 Å². The lowest BCUT2D eigenvalue weighted by Gasteiger charge is -2.15. The third kappa shape index (κ3) is 3.28. The van der Waals surface area contributed by atoms with Gasteiger partial charge < -0.3 is 4.57 Å². The van der Waals surface area contributed by atoms with E-state index in [4.69, 9.17) is 4.98 Å². The molecule has 0 fully saturated rings. The van der Waals surface area contributed by atoms with Crippen molar-refractivity contribution in [1.82, 2.24) is 14.1 Å². The summed E-state index contributed by atoms with van der Waals surface area (Å²) in [6.45, 7) is 0. The van der Waals surface area contributed by atoms with Gasteiger partial charge in [0.2, 0.25) is 0 Å². The predicted octanol–water partition coefficient (Wildman–Crippen LogP) is 8.81. The molecule has 0 spiro atoms. The lowest BCUT2D eigenvalue weighted by atomic mass is 10.0. The standard InChI is InChI=1S/C36H22N4/c37-23-24-15-17-25(18-16-24)26-20-27(39-33-12-4-1-8-29(33)30-9-2-5-13-34(30)39)22-28(21-26)40-35-14-6-3-10-31(35)32-11-7-19-38-36(32)40/h1-22H. The van der Waals surface area contributed by atoms with Crippen LogP contribution in [0.5, 0.6) is 0 Å². The highest BCUT2D eigenvalue weighted by molar-refractivity contribution is 6.10. The summed E-state index contributed by atoms with van der Waals surface area (Å²) in [5.74, 6) is 0. The highest BCUT2D eigenvalue weighted by Gasteiger charge is 2.17. The second-order valence-corrected chi connectivity index (χ2v) is 10.0. The van der Waals surface area contributed by atoms with E-state index in [0.717, 1.165) is 50.1 Å². The molecule has 0 aliphatic rings. The molecule has 0 unspecified atom stereocenters. The summed E-state index contributed by atoms with van der Waals surface area (Å²) < 4.78 is 4.61. The number of aromatic nitrogens is 3. The second-order valence-electron chi connectivity index (χ2n) is 10.0. The fraction of sp³-hybridized carbons (Fsp3) is 0. The van der Waals surface area contributed by atoms with E-state index in [1.54, 1.807) is 0 Å². The fourth-order valence-corrected chi connectivity index (χ4v) is 6.02. The van der Waals surface area contributed by atoms with Gasteiger partial charge in [0.05, 0.1) is 33.9 Å². The first-order valence-electron chi connectivity index (χ1n) is 13.3. The van der Waals surface area contributed by atoms with Crippen molar-refractivity contribution in [3.8, 4) is 28.6 Å². The first-order chi connectivity index (χ1) is 19.8. The molecule has 0 bridgehead atoms. The van der Waals surface area contributed by atoms with Gasteiger partial charge in [0.1, 0.15) is 5.65 Å². The van der Waals surface area contributed by atoms with Crippen LogP contribution in [0.3, 0.4) is 0 Å². The van der Waals surface area contributed by atoms with Crippen LogP contribution in [0.15, 0.2) is 134 Å². The van der Waals surface area contributed by atoms with Gasteiger partial charge in [-0.25, -0.2) is 4.98 Å². The van der Waals surface area contributed by atoms with Crippen molar-refractivity contribution in [2.45, 2.75) is 0 Å². The molecule has 0 amide bonds. The zero-order valence-corrected chi connectivity index (χ0v) is 21.5. The Bertz CT molecular complexity index is 2040. The van der Waals surface area contributed by atoms with Crippen molar-refractivity contribution in [2.24, 2.45) is 0 Å². The second kappa shape index (κ2) is 8.69. The van der Waals surface area contributed by atoms with Gasteiger partial charge in [-0.1, -0.05) is 66.7 Å². The minimum atomic E-state index is 0.647. The summed E-state index contributed by atoms with van der Waals surface area (Å²) in [5, 5.41) is 14.1. The third-order valence-corrected chi connectivity index (χ3v) is 7.78. The Hall–Kier alpha value is -5.66. The Morgan fingerprint density at radius 1 is 0.500 bits per heavy atom. The average Bonchev–Trinajstić information content (AvgIpc) is 3.54. The highest BCUT2D eigenvalue weighted by Crippen LogP contribution is 2.37. The summed E-state index contributed by atoms with van der Waals surface area (Å²) in [5.41, 5.74) is 9.22. The van der Waals surface area contributed by atoms with Gasteiger partial charge in [-0.15, -0.1) is 0 Å². The number of fused-ring (bicyclic) bond motifs is 6. The van der Waals surface area contributed by atoms with Crippen LogP contribution in [-0.2, 0) is 0 Å². The number of hydrogen-bond donors (Lipinski definition) is 0. The summed E-state index contributed by atoms with van der Waals surface area (Å²) in [7, 11) is 0. The predicted molar refractivity (Wildman–Crippen MR) is 163 cm³/mol. The number of para-hydroxylation sites is 3. The number of pyridine rings is 1. The van der Waals surface area contributed by atoms with E-state index >= 15 is 0 Å². The van der Waals surface area contributed by atoms with Crippen LogP contribution in [0.4, 0.5) is 0 Å². The van der Waals surface area contributed by atoms with Crippen LogP contribution < -0.4 is 0 Å². The third-order valence-electron chi connectivity index (χ3n) is 7.78. The summed E-state index contributed by atoms with van der Waals surface area (Å²) in [6.07, 6.45) is 1.86. The zero-order chi connectivity index (χ0) is 26.6. The summed E-state index contributed by atoms with van der Waals surface area (Å²) in [4.78, 5) is 4.83. The maximum atomic E-state index is 9.38. The van der Waals surface area contributed by atoms with Gasteiger partial charge in [0.25, 0.3) is 0 Å². The Labute approximate surface area is 230 Å². The Morgan fingerprint density at radius 3 is 1.65 bits per heavy atom. The van der Waals surface area contributed by atoms with E-state index in [2.05, 4.69) is 112 Å². The van der Waals surface area contributed by atoms with Crippen LogP contribution in [0.2, 0.25) is 0 Å². The maximum absolute atomic E-state index is 9.38. The van der Waals surface area contributed by atoms with Crippen molar-refractivity contribution in [2.75, 3.05) is 0 Å². The lowest BCUT2D eigenvalue weighted by molar-refractivity contribution is 1.11. The van der Waals surface area contributed by atoms with E-state index in [1.165, 1.54) is 16.2 Å². The number of benzene rings is 5. The molecule has 4 heteroatoms. The van der Waals surface area contributed by atoms with Crippen LogP contribution >= 0.6 is 0 Å². The van der Waals surface area contributed by atoms with Crippen molar-refractivity contribution in [3.05, 3.63) is 139 Å². The van der Waals surface area contributed by atoms with Crippen LogP contribution in [0.25, 0.3) is 66.2 Å². The molecule has 0 atom stereocenters. The van der Waals surface area contributed by atoms with E-state index < -0.39 is 0 Å². The topological polar surface area (TPSA) is 46.5 Å². The number of nitriles is 1. The van der Waals surface area contributed by atoms with Crippen molar-refractivity contribution >= 4 is 43.7 Å². The molecule has 40 heavy (non-hydrogen) atoms. The SMILES string of the molecule is N#Cc1ccc(-c2cc(-n3c4ccccc4c4ccccc43)cc(-n3c4ccccc4c4cccnc43)c2)cc1. The van der Waals surface area contributed by atoms with E-state index in [1.807, 2.05) is 36.5 Å². The zero-order valence-electron chi connectivity index (χ0n) is 21.5. The molecule has 8 rings (SSSR count). The van der Waals surface area contributed by atoms with Crippen LogP contribution in [0, 0.1) is 11.3 Å². The minimum absolute atomic E-state index is 0.647. The molecule has 3 heterocycles. The smallest absolute Gasteiger partial charge is 0.145 e. The highest BCUT2D eigenvalue weighted by atomic mass is 15.1. The van der Waals surface area contributed by atoms with E-state index in [9.17, 15) is 5.26 Å². The number of hydrogen-bond acceptors (Lipinski definition) is 2. The molecule has 5 aromatic carbocycles. The summed E-state index contributed by atoms with van der Waals surface area (Å²) in [6, 6.07) is 46.5. The molecule has 0 aliphatic carbocycles. The average molecular weight is 511 g/mol. The molecule has 0 saturated heterocycles. The monoisotopic (exact) mass is 510 g/mol. The molecule has 4 nitrogen and oxygen atoms in total. The molecule has 186 valence electrons. The molecular weight excluding hydrogens is 488 g/mol. The van der Waals surface area contributed by atoms with Crippen molar-refractivity contribution in [1.29, 1.82) is 5.26 Å². The quantitative estimate of drug-likeness (QED) is 0.238. The van der Waals surface area contributed by atoms with Gasteiger partial charge in [-0.2, -0.15) is 5.26 Å². The molecule has 3 aromatic heterocycles. The first kappa shape index (κ1) is 22.3. The number of rotatable bonds is 3. The Balaban J connectivity index is 1.49. The lowest BCUT2D eigenvalue weighted by Crippen LogP contribution is -2.00. The van der Waals surface area contributed by atoms with Crippen LogP contribution in [0.1, 0.15) is 5.56 Å².